The number of phenols is 1. The summed E-state index contributed by atoms with van der Waals surface area (Å²) in [7, 11) is 0. The van der Waals surface area contributed by atoms with Crippen LogP contribution in [0.5, 0.6) is 5.75 Å². The van der Waals surface area contributed by atoms with Gasteiger partial charge in [0, 0.05) is 34.8 Å². The maximum atomic E-state index is 9.88. The molecule has 0 bridgehead atoms. The van der Waals surface area contributed by atoms with E-state index in [-0.39, 0.29) is 12.4 Å². The first-order valence-corrected chi connectivity index (χ1v) is 6.84. The lowest BCUT2D eigenvalue weighted by Crippen LogP contribution is -2.02. The maximum Gasteiger partial charge on any atom is 0.123 e. The minimum Gasteiger partial charge on any atom is -0.507 e. The molecule has 0 spiro atoms. The topological polar surface area (TPSA) is 70.3 Å². The van der Waals surface area contributed by atoms with Crippen LogP contribution in [0.4, 0.5) is 5.69 Å². The molecule has 0 aliphatic rings. The van der Waals surface area contributed by atoms with Gasteiger partial charge < -0.3 is 15.5 Å². The lowest BCUT2D eigenvalue weighted by atomic mass is 10.1. The van der Waals surface area contributed by atoms with Crippen LogP contribution in [0, 0.1) is 0 Å². The van der Waals surface area contributed by atoms with Gasteiger partial charge in [-0.2, -0.15) is 5.10 Å². The van der Waals surface area contributed by atoms with Gasteiger partial charge in [-0.25, -0.2) is 0 Å². The van der Waals surface area contributed by atoms with Crippen LogP contribution in [0.1, 0.15) is 5.56 Å². The number of aliphatic hydroxyl groups excluding tert-OH is 1. The van der Waals surface area contributed by atoms with Crippen LogP contribution in [0.15, 0.2) is 48.8 Å². The van der Waals surface area contributed by atoms with Crippen molar-refractivity contribution >= 4 is 16.5 Å². The second-order valence-corrected chi connectivity index (χ2v) is 4.87. The molecule has 0 aliphatic heterocycles. The number of nitrogens with one attached hydrogen (secondary N) is 1. The van der Waals surface area contributed by atoms with Gasteiger partial charge in [0.1, 0.15) is 5.75 Å². The molecule has 0 saturated heterocycles. The minimum atomic E-state index is 0.0805. The van der Waals surface area contributed by atoms with Crippen molar-refractivity contribution in [3.8, 4) is 5.75 Å². The number of rotatable bonds is 5. The zero-order chi connectivity index (χ0) is 14.7. The molecule has 0 saturated carbocycles. The lowest BCUT2D eigenvalue weighted by Gasteiger charge is -2.09. The number of aromatic hydroxyl groups is 1. The summed E-state index contributed by atoms with van der Waals surface area (Å²) in [6, 6.07) is 11.3. The first-order valence-electron chi connectivity index (χ1n) is 6.84. The number of nitrogens with zero attached hydrogens (tertiary/aromatic N) is 2. The number of hydrogen-bond donors (Lipinski definition) is 3. The number of phenolic OH excluding ortho intramolecular Hbond substituents is 1. The number of anilines is 1. The van der Waals surface area contributed by atoms with Crippen molar-refractivity contribution in [1.82, 2.24) is 9.78 Å². The highest BCUT2D eigenvalue weighted by atomic mass is 16.3. The molecule has 0 unspecified atom stereocenters. The Hall–Kier alpha value is -2.53. The number of aliphatic hydroxyl groups is 1. The zero-order valence-corrected chi connectivity index (χ0v) is 11.5. The predicted octanol–water partition coefficient (Wildman–Crippen LogP) is 2.35. The van der Waals surface area contributed by atoms with E-state index >= 15 is 0 Å². The van der Waals surface area contributed by atoms with Gasteiger partial charge in [-0.1, -0.05) is 24.3 Å². The van der Waals surface area contributed by atoms with E-state index < -0.39 is 0 Å². The van der Waals surface area contributed by atoms with E-state index in [2.05, 4.69) is 10.4 Å². The summed E-state index contributed by atoms with van der Waals surface area (Å²) in [6.07, 6.45) is 3.69. The predicted molar refractivity (Wildman–Crippen MR) is 82.3 cm³/mol. The highest BCUT2D eigenvalue weighted by Gasteiger charge is 2.04. The largest absolute Gasteiger partial charge is 0.507 e. The number of hydrogen-bond acceptors (Lipinski definition) is 4. The van der Waals surface area contributed by atoms with E-state index in [1.54, 1.807) is 16.9 Å². The van der Waals surface area contributed by atoms with Crippen molar-refractivity contribution in [3.05, 3.63) is 54.4 Å². The van der Waals surface area contributed by atoms with Crippen LogP contribution in [0.25, 0.3) is 10.8 Å². The molecule has 3 rings (SSSR count). The Balaban J connectivity index is 1.80. The SMILES string of the molecule is OCCn1cc(CNc2cccc3c(O)cccc23)cn1. The molecule has 108 valence electrons. The monoisotopic (exact) mass is 283 g/mol. The van der Waals surface area contributed by atoms with Crippen LogP contribution in [0.3, 0.4) is 0 Å². The summed E-state index contributed by atoms with van der Waals surface area (Å²) < 4.78 is 1.71. The summed E-state index contributed by atoms with van der Waals surface area (Å²) >= 11 is 0. The van der Waals surface area contributed by atoms with Gasteiger partial charge >= 0.3 is 0 Å². The minimum absolute atomic E-state index is 0.0805. The van der Waals surface area contributed by atoms with Crippen molar-refractivity contribution in [3.63, 3.8) is 0 Å². The number of benzene rings is 2. The lowest BCUT2D eigenvalue weighted by molar-refractivity contribution is 0.269. The average molecular weight is 283 g/mol. The molecule has 0 aliphatic carbocycles. The summed E-state index contributed by atoms with van der Waals surface area (Å²) in [4.78, 5) is 0. The van der Waals surface area contributed by atoms with Crippen molar-refractivity contribution in [1.29, 1.82) is 0 Å². The molecule has 2 aromatic carbocycles. The van der Waals surface area contributed by atoms with Crippen LogP contribution < -0.4 is 5.32 Å². The molecule has 1 aromatic heterocycles. The van der Waals surface area contributed by atoms with Gasteiger partial charge in [0.15, 0.2) is 0 Å². The molecule has 3 aromatic rings. The quantitative estimate of drug-likeness (QED) is 0.672. The fraction of sp³-hybridized carbons (Fsp3) is 0.188. The first kappa shape index (κ1) is 13.5. The second kappa shape index (κ2) is 5.85. The van der Waals surface area contributed by atoms with Gasteiger partial charge in [0.05, 0.1) is 19.3 Å². The Morgan fingerprint density at radius 2 is 1.90 bits per heavy atom. The van der Waals surface area contributed by atoms with Crippen molar-refractivity contribution < 1.29 is 10.2 Å². The number of fused-ring (bicyclic) bond motifs is 1. The van der Waals surface area contributed by atoms with Gasteiger partial charge in [-0.15, -0.1) is 0 Å². The molecule has 5 heteroatoms. The fourth-order valence-corrected chi connectivity index (χ4v) is 2.37. The van der Waals surface area contributed by atoms with Gasteiger partial charge in [0.2, 0.25) is 0 Å². The third-order valence-corrected chi connectivity index (χ3v) is 3.40. The summed E-state index contributed by atoms with van der Waals surface area (Å²) in [5, 5.41) is 28.1. The molecule has 0 atom stereocenters. The van der Waals surface area contributed by atoms with Crippen LogP contribution in [0.2, 0.25) is 0 Å². The highest BCUT2D eigenvalue weighted by Crippen LogP contribution is 2.29. The Morgan fingerprint density at radius 1 is 1.10 bits per heavy atom. The Bertz CT molecular complexity index is 752. The van der Waals surface area contributed by atoms with E-state index in [4.69, 9.17) is 5.11 Å². The third-order valence-electron chi connectivity index (χ3n) is 3.40. The number of aromatic nitrogens is 2. The van der Waals surface area contributed by atoms with Gasteiger partial charge in [0.25, 0.3) is 0 Å². The normalized spacial score (nSPS) is 10.9. The van der Waals surface area contributed by atoms with Gasteiger partial charge in [-0.3, -0.25) is 4.68 Å². The van der Waals surface area contributed by atoms with Crippen molar-refractivity contribution in [2.75, 3.05) is 11.9 Å². The van der Waals surface area contributed by atoms with Crippen LogP contribution in [-0.2, 0) is 13.1 Å². The Morgan fingerprint density at radius 3 is 2.76 bits per heavy atom. The third kappa shape index (κ3) is 2.83. The summed E-state index contributed by atoms with van der Waals surface area (Å²) in [5.74, 6) is 0.284. The molecule has 1 heterocycles. The molecular weight excluding hydrogens is 266 g/mol. The summed E-state index contributed by atoms with van der Waals surface area (Å²) in [6.45, 7) is 1.22. The average Bonchev–Trinajstić information content (AvgIpc) is 2.94. The Labute approximate surface area is 122 Å². The molecule has 0 radical (unpaired) electrons. The smallest absolute Gasteiger partial charge is 0.123 e. The molecule has 21 heavy (non-hydrogen) atoms. The van der Waals surface area contributed by atoms with Crippen LogP contribution >= 0.6 is 0 Å². The van der Waals surface area contributed by atoms with Crippen molar-refractivity contribution in [2.24, 2.45) is 0 Å². The molecule has 5 nitrogen and oxygen atoms in total. The van der Waals surface area contributed by atoms with E-state index in [1.165, 1.54) is 0 Å². The zero-order valence-electron chi connectivity index (χ0n) is 11.5. The molecule has 0 fully saturated rings. The van der Waals surface area contributed by atoms with Crippen LogP contribution in [-0.4, -0.2) is 26.6 Å². The van der Waals surface area contributed by atoms with E-state index in [1.807, 2.05) is 36.5 Å². The maximum absolute atomic E-state index is 9.88. The standard InChI is InChI=1S/C16H17N3O2/c20-8-7-19-11-12(10-18-19)9-17-15-5-1-4-14-13(15)3-2-6-16(14)21/h1-6,10-11,17,20-21H,7-9H2. The first-order chi connectivity index (χ1) is 10.3. The van der Waals surface area contributed by atoms with E-state index in [0.717, 1.165) is 22.0 Å². The fourth-order valence-electron chi connectivity index (χ4n) is 2.37. The molecular formula is C16H17N3O2. The van der Waals surface area contributed by atoms with Crippen molar-refractivity contribution in [2.45, 2.75) is 13.1 Å². The van der Waals surface area contributed by atoms with Gasteiger partial charge in [-0.05, 0) is 12.1 Å². The van der Waals surface area contributed by atoms with E-state index in [0.29, 0.717) is 13.1 Å². The Kier molecular flexibility index (Phi) is 3.75. The van der Waals surface area contributed by atoms with E-state index in [9.17, 15) is 5.11 Å². The molecule has 0 amide bonds. The highest BCUT2D eigenvalue weighted by molar-refractivity contribution is 5.97. The summed E-state index contributed by atoms with van der Waals surface area (Å²) in [5.41, 5.74) is 2.01. The molecule has 3 N–H and O–H groups in total. The second-order valence-electron chi connectivity index (χ2n) is 4.87.